The minimum absolute atomic E-state index is 0.0478. The van der Waals surface area contributed by atoms with Gasteiger partial charge in [-0.25, -0.2) is 9.38 Å². The number of benzene rings is 4. The Morgan fingerprint density at radius 1 is 0.868 bits per heavy atom. The van der Waals surface area contributed by atoms with Gasteiger partial charge in [-0.2, -0.15) is 0 Å². The summed E-state index contributed by atoms with van der Waals surface area (Å²) in [4.78, 5) is 20.6. The summed E-state index contributed by atoms with van der Waals surface area (Å²) in [6.07, 6.45) is 2.64. The fourth-order valence-corrected chi connectivity index (χ4v) is 4.99. The van der Waals surface area contributed by atoms with Crippen LogP contribution in [0.15, 0.2) is 113 Å². The highest BCUT2D eigenvalue weighted by molar-refractivity contribution is 8.18. The van der Waals surface area contributed by atoms with E-state index >= 15 is 0 Å². The number of carbonyl (C=O) groups excluding carboxylic acids is 1. The smallest absolute Gasteiger partial charge is 0.266 e. The largest absolute Gasteiger partial charge is 0.489 e. The Kier molecular flexibility index (Phi) is 8.00. The van der Waals surface area contributed by atoms with Crippen LogP contribution < -0.4 is 4.74 Å². The molecular formula is C32H27FN2O2S. The number of halogens is 1. The first-order chi connectivity index (χ1) is 18.5. The number of nitrogens with zero attached hydrogens (tertiary/aromatic N) is 2. The Bertz CT molecular complexity index is 1450. The standard InChI is InChI=1S/C32H27FN2O2S/c1-23-7-15-28(16-8-23)34-32-35(20-19-24-5-3-2-4-6-24)31(36)30(38-32)21-25-11-17-29(18-12-25)37-22-26-9-13-27(33)14-10-26/h2-18,21H,19-20,22H2,1H3/b30-21+,34-32?. The maximum Gasteiger partial charge on any atom is 0.266 e. The van der Waals surface area contributed by atoms with Crippen molar-refractivity contribution in [2.75, 3.05) is 6.54 Å². The molecule has 4 aromatic rings. The maximum atomic E-state index is 13.4. The van der Waals surface area contributed by atoms with Crippen LogP contribution >= 0.6 is 11.8 Å². The molecule has 0 aliphatic carbocycles. The van der Waals surface area contributed by atoms with Crippen molar-refractivity contribution in [3.05, 3.63) is 136 Å². The molecule has 0 bridgehead atoms. The Morgan fingerprint density at radius 2 is 1.58 bits per heavy atom. The van der Waals surface area contributed by atoms with Crippen molar-refractivity contribution in [1.82, 2.24) is 4.90 Å². The molecule has 0 radical (unpaired) electrons. The number of ether oxygens (including phenoxy) is 1. The molecule has 0 spiro atoms. The lowest BCUT2D eigenvalue weighted by atomic mass is 10.1. The van der Waals surface area contributed by atoms with E-state index in [0.717, 1.165) is 28.8 Å². The molecule has 1 heterocycles. The van der Waals surface area contributed by atoms with Crippen LogP contribution in [0.1, 0.15) is 22.3 Å². The van der Waals surface area contributed by atoms with Crippen molar-refractivity contribution in [2.24, 2.45) is 4.99 Å². The van der Waals surface area contributed by atoms with Gasteiger partial charge in [0.1, 0.15) is 18.2 Å². The molecular weight excluding hydrogens is 495 g/mol. The summed E-state index contributed by atoms with van der Waals surface area (Å²) < 4.78 is 18.9. The first-order valence-corrected chi connectivity index (χ1v) is 13.2. The minimum atomic E-state index is -0.267. The lowest BCUT2D eigenvalue weighted by Gasteiger charge is -2.15. The zero-order valence-electron chi connectivity index (χ0n) is 21.0. The van der Waals surface area contributed by atoms with Gasteiger partial charge in [-0.05, 0) is 84.3 Å². The van der Waals surface area contributed by atoms with E-state index in [1.165, 1.54) is 29.5 Å². The van der Waals surface area contributed by atoms with Crippen LogP contribution in [0.25, 0.3) is 6.08 Å². The van der Waals surface area contributed by atoms with Gasteiger partial charge in [0, 0.05) is 6.54 Å². The summed E-state index contributed by atoms with van der Waals surface area (Å²) in [7, 11) is 0. The molecule has 0 unspecified atom stereocenters. The number of carbonyl (C=O) groups is 1. The van der Waals surface area contributed by atoms with Crippen LogP contribution in [-0.4, -0.2) is 22.5 Å². The molecule has 1 amide bonds. The lowest BCUT2D eigenvalue weighted by molar-refractivity contribution is -0.122. The third-order valence-electron chi connectivity index (χ3n) is 6.11. The molecule has 1 aliphatic heterocycles. The van der Waals surface area contributed by atoms with Crippen molar-refractivity contribution >= 4 is 34.6 Å². The normalized spacial score (nSPS) is 15.4. The molecule has 0 atom stereocenters. The van der Waals surface area contributed by atoms with E-state index in [9.17, 15) is 9.18 Å². The first kappa shape index (κ1) is 25.5. The number of aryl methyl sites for hydroxylation is 1. The number of amidine groups is 1. The van der Waals surface area contributed by atoms with Crippen LogP contribution in [0.2, 0.25) is 0 Å². The van der Waals surface area contributed by atoms with E-state index in [4.69, 9.17) is 9.73 Å². The Morgan fingerprint density at radius 3 is 2.29 bits per heavy atom. The Labute approximate surface area is 226 Å². The highest BCUT2D eigenvalue weighted by Crippen LogP contribution is 2.34. The number of aliphatic imine (C=N–C) groups is 1. The van der Waals surface area contributed by atoms with Crippen molar-refractivity contribution < 1.29 is 13.9 Å². The topological polar surface area (TPSA) is 41.9 Å². The highest BCUT2D eigenvalue weighted by atomic mass is 32.2. The molecule has 6 heteroatoms. The van der Waals surface area contributed by atoms with Gasteiger partial charge < -0.3 is 4.74 Å². The highest BCUT2D eigenvalue weighted by Gasteiger charge is 2.33. The monoisotopic (exact) mass is 522 g/mol. The van der Waals surface area contributed by atoms with Crippen LogP contribution in [0, 0.1) is 12.7 Å². The minimum Gasteiger partial charge on any atom is -0.489 e. The van der Waals surface area contributed by atoms with Crippen molar-refractivity contribution in [3.8, 4) is 5.75 Å². The van der Waals surface area contributed by atoms with Crippen molar-refractivity contribution in [2.45, 2.75) is 20.0 Å². The van der Waals surface area contributed by atoms with Gasteiger partial charge >= 0.3 is 0 Å². The first-order valence-electron chi connectivity index (χ1n) is 12.4. The average Bonchev–Trinajstić information content (AvgIpc) is 3.23. The average molecular weight is 523 g/mol. The van der Waals surface area contributed by atoms with Gasteiger partial charge in [-0.3, -0.25) is 9.69 Å². The molecule has 1 saturated heterocycles. The molecule has 5 rings (SSSR count). The second kappa shape index (κ2) is 11.9. The van der Waals surface area contributed by atoms with Gasteiger partial charge in [0.15, 0.2) is 5.17 Å². The Balaban J connectivity index is 1.32. The summed E-state index contributed by atoms with van der Waals surface area (Å²) in [6.45, 7) is 2.94. The molecule has 0 aromatic heterocycles. The number of amides is 1. The molecule has 1 fully saturated rings. The van der Waals surface area contributed by atoms with E-state index in [1.807, 2.05) is 79.7 Å². The Hall–Kier alpha value is -4.16. The molecule has 4 nitrogen and oxygen atoms in total. The van der Waals surface area contributed by atoms with E-state index in [0.29, 0.717) is 29.0 Å². The van der Waals surface area contributed by atoms with E-state index in [1.54, 1.807) is 17.0 Å². The molecule has 4 aromatic carbocycles. The molecule has 0 saturated carbocycles. The van der Waals surface area contributed by atoms with Gasteiger partial charge in [0.2, 0.25) is 0 Å². The van der Waals surface area contributed by atoms with Gasteiger partial charge in [0.25, 0.3) is 5.91 Å². The van der Waals surface area contributed by atoms with Crippen molar-refractivity contribution in [1.29, 1.82) is 0 Å². The van der Waals surface area contributed by atoms with Crippen LogP contribution in [0.4, 0.5) is 10.1 Å². The predicted octanol–water partition coefficient (Wildman–Crippen LogP) is 7.56. The fraction of sp³-hybridized carbons (Fsp3) is 0.125. The SMILES string of the molecule is Cc1ccc(N=C2S/C(=C/c3ccc(OCc4ccc(F)cc4)cc3)C(=O)N2CCc2ccccc2)cc1. The zero-order valence-corrected chi connectivity index (χ0v) is 21.8. The number of hydrogen-bond acceptors (Lipinski definition) is 4. The van der Waals surface area contributed by atoms with Gasteiger partial charge in [-0.1, -0.05) is 72.3 Å². The lowest BCUT2D eigenvalue weighted by Crippen LogP contribution is -2.31. The van der Waals surface area contributed by atoms with E-state index in [-0.39, 0.29) is 11.7 Å². The van der Waals surface area contributed by atoms with Crippen LogP contribution in [0.5, 0.6) is 5.75 Å². The van der Waals surface area contributed by atoms with Crippen molar-refractivity contribution in [3.63, 3.8) is 0 Å². The van der Waals surface area contributed by atoms with Crippen LogP contribution in [0.3, 0.4) is 0 Å². The second-order valence-corrected chi connectivity index (χ2v) is 10.0. The number of thioether (sulfide) groups is 1. The number of rotatable bonds is 8. The molecule has 190 valence electrons. The summed E-state index contributed by atoms with van der Waals surface area (Å²) in [6, 6.07) is 32.0. The summed E-state index contributed by atoms with van der Waals surface area (Å²) in [5, 5.41) is 0.681. The van der Waals surface area contributed by atoms with E-state index in [2.05, 4.69) is 12.1 Å². The summed E-state index contributed by atoms with van der Waals surface area (Å²) >= 11 is 1.39. The fourth-order valence-electron chi connectivity index (χ4n) is 3.96. The van der Waals surface area contributed by atoms with Gasteiger partial charge in [0.05, 0.1) is 10.6 Å². The number of hydrogen-bond donors (Lipinski definition) is 0. The second-order valence-electron chi connectivity index (χ2n) is 9.02. The van der Waals surface area contributed by atoms with Gasteiger partial charge in [-0.15, -0.1) is 0 Å². The molecule has 1 aliphatic rings. The third-order valence-corrected chi connectivity index (χ3v) is 7.12. The summed E-state index contributed by atoms with van der Waals surface area (Å²) in [5.74, 6) is 0.387. The maximum absolute atomic E-state index is 13.4. The van der Waals surface area contributed by atoms with Crippen LogP contribution in [-0.2, 0) is 17.8 Å². The predicted molar refractivity (Wildman–Crippen MR) is 153 cm³/mol. The molecule has 38 heavy (non-hydrogen) atoms. The van der Waals surface area contributed by atoms with E-state index < -0.39 is 0 Å². The summed E-state index contributed by atoms with van der Waals surface area (Å²) in [5.41, 5.74) is 4.94. The zero-order chi connectivity index (χ0) is 26.3. The quantitative estimate of drug-likeness (QED) is 0.224. The third kappa shape index (κ3) is 6.58. The molecule has 0 N–H and O–H groups in total.